The van der Waals surface area contributed by atoms with Gasteiger partial charge in [0, 0.05) is 36.8 Å². The first kappa shape index (κ1) is 23.6. The summed E-state index contributed by atoms with van der Waals surface area (Å²) in [5, 5.41) is 10.5. The molecule has 4 rings (SSSR count). The van der Waals surface area contributed by atoms with E-state index >= 15 is 0 Å². The molecule has 5 nitrogen and oxygen atoms in total. The predicted molar refractivity (Wildman–Crippen MR) is 140 cm³/mol. The van der Waals surface area contributed by atoms with Crippen molar-refractivity contribution in [3.63, 3.8) is 0 Å². The Hall–Kier alpha value is -3.57. The molecular formula is C28H28ClN3O2. The first-order chi connectivity index (χ1) is 16.5. The van der Waals surface area contributed by atoms with Crippen LogP contribution >= 0.6 is 11.6 Å². The minimum absolute atomic E-state index is 0.0344. The van der Waals surface area contributed by atoms with Crippen LogP contribution in [0.15, 0.2) is 77.8 Å². The quantitative estimate of drug-likeness (QED) is 0.435. The van der Waals surface area contributed by atoms with E-state index in [2.05, 4.69) is 16.6 Å². The van der Waals surface area contributed by atoms with Gasteiger partial charge in [0.25, 0.3) is 0 Å². The number of phenols is 1. The Labute approximate surface area is 205 Å². The van der Waals surface area contributed by atoms with Crippen LogP contribution in [0.4, 0.5) is 11.4 Å². The number of benzene rings is 3. The molecule has 1 amide bonds. The second-order valence-electron chi connectivity index (χ2n) is 8.39. The lowest BCUT2D eigenvalue weighted by Crippen LogP contribution is -2.50. The van der Waals surface area contributed by atoms with Crippen LogP contribution < -0.4 is 4.90 Å². The van der Waals surface area contributed by atoms with E-state index in [4.69, 9.17) is 11.6 Å². The Kier molecular flexibility index (Phi) is 7.33. The molecule has 3 aromatic carbocycles. The van der Waals surface area contributed by atoms with Crippen molar-refractivity contribution in [2.75, 3.05) is 24.5 Å². The lowest BCUT2D eigenvalue weighted by atomic mass is 9.99. The van der Waals surface area contributed by atoms with E-state index in [1.807, 2.05) is 78.6 Å². The number of hydrogen-bond acceptors (Lipinski definition) is 4. The molecule has 0 spiro atoms. The maximum absolute atomic E-state index is 13.1. The van der Waals surface area contributed by atoms with Crippen LogP contribution in [0, 0.1) is 6.92 Å². The van der Waals surface area contributed by atoms with Gasteiger partial charge in [0.05, 0.1) is 11.7 Å². The van der Waals surface area contributed by atoms with E-state index in [1.165, 1.54) is 0 Å². The summed E-state index contributed by atoms with van der Waals surface area (Å²) in [5.74, 6) is 0.303. The van der Waals surface area contributed by atoms with E-state index in [0.29, 0.717) is 31.1 Å². The third kappa shape index (κ3) is 5.32. The molecule has 1 N–H and O–H groups in total. The number of carbonyl (C=O) groups excluding carboxylic acids is 1. The molecule has 34 heavy (non-hydrogen) atoms. The Morgan fingerprint density at radius 1 is 1.15 bits per heavy atom. The molecule has 6 heteroatoms. The van der Waals surface area contributed by atoms with Crippen molar-refractivity contribution in [2.24, 2.45) is 4.99 Å². The summed E-state index contributed by atoms with van der Waals surface area (Å²) < 4.78 is 0. The number of aliphatic imine (C=N–C) groups is 1. The highest BCUT2D eigenvalue weighted by Crippen LogP contribution is 2.34. The Morgan fingerprint density at radius 3 is 2.65 bits per heavy atom. The number of hydrogen-bond donors (Lipinski definition) is 1. The molecule has 0 radical (unpaired) electrons. The molecule has 0 aromatic heterocycles. The highest BCUT2D eigenvalue weighted by Gasteiger charge is 2.31. The van der Waals surface area contributed by atoms with Gasteiger partial charge in [0.2, 0.25) is 5.91 Å². The molecule has 3 aromatic rings. The predicted octanol–water partition coefficient (Wildman–Crippen LogP) is 6.18. The van der Waals surface area contributed by atoms with E-state index in [-0.39, 0.29) is 17.7 Å². The summed E-state index contributed by atoms with van der Waals surface area (Å²) >= 11 is 6.19. The molecule has 1 aliphatic heterocycles. The molecule has 174 valence electrons. The normalized spacial score (nSPS) is 16.1. The van der Waals surface area contributed by atoms with Crippen molar-refractivity contribution in [2.45, 2.75) is 19.4 Å². The maximum atomic E-state index is 13.1. The number of anilines is 1. The van der Waals surface area contributed by atoms with Crippen molar-refractivity contribution in [3.8, 4) is 5.75 Å². The summed E-state index contributed by atoms with van der Waals surface area (Å²) in [7, 11) is 0. The van der Waals surface area contributed by atoms with Gasteiger partial charge in [-0.15, -0.1) is 0 Å². The first-order valence-electron chi connectivity index (χ1n) is 11.3. The van der Waals surface area contributed by atoms with Crippen molar-refractivity contribution in [1.82, 2.24) is 4.90 Å². The van der Waals surface area contributed by atoms with Gasteiger partial charge < -0.3 is 14.9 Å². The number of rotatable bonds is 6. The number of halogens is 1. The van der Waals surface area contributed by atoms with Crippen molar-refractivity contribution in [1.29, 1.82) is 0 Å². The van der Waals surface area contributed by atoms with Crippen LogP contribution in [0.3, 0.4) is 0 Å². The van der Waals surface area contributed by atoms with Crippen LogP contribution in [-0.4, -0.2) is 42.3 Å². The summed E-state index contributed by atoms with van der Waals surface area (Å²) in [4.78, 5) is 21.4. The largest absolute Gasteiger partial charge is 0.508 e. The van der Waals surface area contributed by atoms with Gasteiger partial charge in [-0.2, -0.15) is 0 Å². The third-order valence-corrected chi connectivity index (χ3v) is 6.41. The van der Waals surface area contributed by atoms with Gasteiger partial charge in [-0.25, -0.2) is 0 Å². The summed E-state index contributed by atoms with van der Waals surface area (Å²) in [6.07, 6.45) is 4.12. The third-order valence-electron chi connectivity index (χ3n) is 6.18. The second kappa shape index (κ2) is 10.6. The number of nitrogens with zero attached hydrogens (tertiary/aromatic N) is 3. The number of piperazine rings is 1. The van der Waals surface area contributed by atoms with E-state index in [1.54, 1.807) is 12.1 Å². The van der Waals surface area contributed by atoms with Gasteiger partial charge in [-0.3, -0.25) is 9.79 Å². The Balaban J connectivity index is 1.53. The first-order valence-corrected chi connectivity index (χ1v) is 11.7. The zero-order valence-electron chi connectivity index (χ0n) is 19.2. The molecule has 0 saturated carbocycles. The fourth-order valence-electron chi connectivity index (χ4n) is 4.41. The van der Waals surface area contributed by atoms with E-state index < -0.39 is 0 Å². The lowest BCUT2D eigenvalue weighted by molar-refractivity contribution is -0.131. The fourth-order valence-corrected chi connectivity index (χ4v) is 4.64. The fraction of sp³-hybridized carbons (Fsp3) is 0.214. The zero-order chi connectivity index (χ0) is 24.1. The van der Waals surface area contributed by atoms with Crippen LogP contribution in [0.25, 0.3) is 6.08 Å². The van der Waals surface area contributed by atoms with Crippen molar-refractivity contribution in [3.05, 3.63) is 94.5 Å². The molecule has 1 fully saturated rings. The number of amides is 1. The Morgan fingerprint density at radius 2 is 1.91 bits per heavy atom. The van der Waals surface area contributed by atoms with Crippen molar-refractivity contribution < 1.29 is 9.90 Å². The minimum Gasteiger partial charge on any atom is -0.508 e. The number of aromatic hydroxyl groups is 1. The zero-order valence-corrected chi connectivity index (χ0v) is 19.9. The molecule has 1 atom stereocenters. The number of carbonyl (C=O) groups is 1. The van der Waals surface area contributed by atoms with Crippen LogP contribution in [0.1, 0.15) is 29.2 Å². The average Bonchev–Trinajstić information content (AvgIpc) is 2.84. The smallest absolute Gasteiger partial charge is 0.226 e. The number of phenolic OH excluding ortho intramolecular Hbond substituents is 1. The topological polar surface area (TPSA) is 56.1 Å². The maximum Gasteiger partial charge on any atom is 0.226 e. The summed E-state index contributed by atoms with van der Waals surface area (Å²) in [5.41, 5.74) is 4.98. The Bertz CT molecular complexity index is 1210. The van der Waals surface area contributed by atoms with Gasteiger partial charge in [0.15, 0.2) is 0 Å². The molecule has 1 aliphatic rings. The summed E-state index contributed by atoms with van der Waals surface area (Å²) in [6.45, 7) is 7.55. The molecular weight excluding hydrogens is 446 g/mol. The van der Waals surface area contributed by atoms with Gasteiger partial charge in [-0.05, 0) is 66.7 Å². The standard InChI is InChI=1S/C28H28ClN3O2/c1-20-18-23(29)12-15-26(20)32-17-16-31(19-27(32)22-10-13-24(33)14-11-22)28(34)9-5-7-21-6-3-4-8-25(21)30-2/h3-8,10-15,18,27,33H,2,9,16-17,19H2,1H3/b7-5-. The van der Waals surface area contributed by atoms with Gasteiger partial charge in [-0.1, -0.05) is 54.1 Å². The number of para-hydroxylation sites is 1. The molecule has 1 heterocycles. The van der Waals surface area contributed by atoms with E-state index in [9.17, 15) is 9.90 Å². The number of aryl methyl sites for hydroxylation is 1. The second-order valence-corrected chi connectivity index (χ2v) is 8.83. The van der Waals surface area contributed by atoms with Crippen LogP contribution in [-0.2, 0) is 4.79 Å². The molecule has 1 saturated heterocycles. The van der Waals surface area contributed by atoms with E-state index in [0.717, 1.165) is 28.1 Å². The average molecular weight is 474 g/mol. The van der Waals surface area contributed by atoms with Gasteiger partial charge in [0.1, 0.15) is 5.75 Å². The van der Waals surface area contributed by atoms with Crippen molar-refractivity contribution >= 4 is 41.7 Å². The monoisotopic (exact) mass is 473 g/mol. The van der Waals surface area contributed by atoms with Gasteiger partial charge >= 0.3 is 0 Å². The molecule has 1 unspecified atom stereocenters. The molecule has 0 aliphatic carbocycles. The van der Waals surface area contributed by atoms with Crippen LogP contribution in [0.5, 0.6) is 5.75 Å². The highest BCUT2D eigenvalue weighted by molar-refractivity contribution is 6.30. The SMILES string of the molecule is C=Nc1ccccc1/C=C\CC(=O)N1CCN(c2ccc(Cl)cc2C)C(c2ccc(O)cc2)C1. The highest BCUT2D eigenvalue weighted by atomic mass is 35.5. The minimum atomic E-state index is -0.0344. The lowest BCUT2D eigenvalue weighted by Gasteiger charge is -2.43. The molecule has 0 bridgehead atoms. The van der Waals surface area contributed by atoms with Crippen LogP contribution in [0.2, 0.25) is 5.02 Å². The summed E-state index contributed by atoms with van der Waals surface area (Å²) in [6, 6.07) is 20.8.